The highest BCUT2D eigenvalue weighted by Gasteiger charge is 2.01. The maximum Gasteiger partial charge on any atom is 0.408 e. The number of carbonyl (C=O) groups excluding carboxylic acids is 1. The van der Waals surface area contributed by atoms with Crippen molar-refractivity contribution in [2.24, 2.45) is 0 Å². The lowest BCUT2D eigenvalue weighted by Gasteiger charge is -2.04. The summed E-state index contributed by atoms with van der Waals surface area (Å²) < 4.78 is 5.07. The van der Waals surface area contributed by atoms with Gasteiger partial charge in [0.1, 0.15) is 12.3 Å². The summed E-state index contributed by atoms with van der Waals surface area (Å²) in [6.45, 7) is 2.29. The van der Waals surface area contributed by atoms with E-state index in [9.17, 15) is 4.79 Å². The summed E-state index contributed by atoms with van der Waals surface area (Å²) >= 11 is 0. The minimum absolute atomic E-state index is 0.169. The minimum Gasteiger partial charge on any atom is -0.445 e. The van der Waals surface area contributed by atoms with Crippen LogP contribution in [0.2, 0.25) is 0 Å². The zero-order valence-electron chi connectivity index (χ0n) is 12.3. The molecule has 0 aliphatic carbocycles. The number of hydrogen-bond donors (Lipinski definition) is 2. The molecule has 2 rings (SSSR count). The first kappa shape index (κ1) is 15.4. The molecule has 0 aliphatic heterocycles. The Morgan fingerprint density at radius 2 is 2.09 bits per heavy atom. The molecule has 0 fully saturated rings. The second-order valence-corrected chi connectivity index (χ2v) is 4.61. The van der Waals surface area contributed by atoms with Gasteiger partial charge in [0, 0.05) is 6.20 Å². The smallest absolute Gasteiger partial charge is 0.408 e. The van der Waals surface area contributed by atoms with Crippen LogP contribution in [0.1, 0.15) is 16.8 Å². The molecule has 1 amide bonds. The number of pyridine rings is 1. The Morgan fingerprint density at radius 1 is 1.32 bits per heavy atom. The third-order valence-electron chi connectivity index (χ3n) is 2.95. The van der Waals surface area contributed by atoms with Crippen molar-refractivity contribution in [2.75, 3.05) is 12.3 Å². The number of anilines is 1. The van der Waals surface area contributed by atoms with Gasteiger partial charge in [0.05, 0.1) is 12.2 Å². The molecule has 0 spiro atoms. The number of nitrogens with zero attached hydrogens (tertiary/aromatic N) is 1. The molecule has 0 saturated heterocycles. The van der Waals surface area contributed by atoms with Crippen LogP contribution in [0.3, 0.4) is 0 Å². The van der Waals surface area contributed by atoms with Crippen LogP contribution in [0.25, 0.3) is 0 Å². The number of hydrogen-bond acceptors (Lipinski definition) is 4. The van der Waals surface area contributed by atoms with Crippen LogP contribution in [0.4, 0.5) is 10.5 Å². The first-order valence-corrected chi connectivity index (χ1v) is 6.81. The van der Waals surface area contributed by atoms with Crippen LogP contribution >= 0.6 is 0 Å². The normalized spacial score (nSPS) is 9.50. The van der Waals surface area contributed by atoms with Crippen LogP contribution < -0.4 is 11.1 Å². The Balaban J connectivity index is 1.78. The Labute approximate surface area is 129 Å². The predicted octanol–water partition coefficient (Wildman–Crippen LogP) is 2.25. The van der Waals surface area contributed by atoms with Crippen molar-refractivity contribution in [3.05, 3.63) is 59.4 Å². The average Bonchev–Trinajstić information content (AvgIpc) is 2.54. The highest BCUT2D eigenvalue weighted by atomic mass is 16.5. The summed E-state index contributed by atoms with van der Waals surface area (Å²) in [5.74, 6) is 5.62. The van der Waals surface area contributed by atoms with E-state index in [1.807, 2.05) is 43.3 Å². The molecule has 1 heterocycles. The molecule has 0 saturated carbocycles. The van der Waals surface area contributed by atoms with Gasteiger partial charge in [0.2, 0.25) is 0 Å². The predicted molar refractivity (Wildman–Crippen MR) is 84.9 cm³/mol. The van der Waals surface area contributed by atoms with Gasteiger partial charge >= 0.3 is 6.09 Å². The van der Waals surface area contributed by atoms with Crippen molar-refractivity contribution < 1.29 is 9.53 Å². The molecule has 0 radical (unpaired) electrons. The van der Waals surface area contributed by atoms with Crippen molar-refractivity contribution in [1.29, 1.82) is 0 Å². The number of aryl methyl sites for hydroxylation is 1. The second-order valence-electron chi connectivity index (χ2n) is 4.61. The summed E-state index contributed by atoms with van der Waals surface area (Å²) in [6, 6.07) is 11.3. The molecule has 3 N–H and O–H groups in total. The van der Waals surface area contributed by atoms with E-state index in [0.29, 0.717) is 11.4 Å². The van der Waals surface area contributed by atoms with Crippen LogP contribution in [0.5, 0.6) is 0 Å². The third kappa shape index (κ3) is 4.53. The van der Waals surface area contributed by atoms with E-state index in [0.717, 1.165) is 11.1 Å². The summed E-state index contributed by atoms with van der Waals surface area (Å²) in [5, 5.41) is 2.55. The molecule has 5 heteroatoms. The number of amides is 1. The standard InChI is InChI=1S/C17H17N3O2/c1-13-9-11-19-15(16(13)18)8-5-10-20-17(21)22-12-14-6-3-2-4-7-14/h2-4,6-7,9,11H,10,12,18H2,1H3,(H,20,21). The molecule has 22 heavy (non-hydrogen) atoms. The van der Waals surface area contributed by atoms with Crippen molar-refractivity contribution in [2.45, 2.75) is 13.5 Å². The number of benzene rings is 1. The van der Waals surface area contributed by atoms with Crippen LogP contribution in [-0.4, -0.2) is 17.6 Å². The van der Waals surface area contributed by atoms with Gasteiger partial charge in [-0.25, -0.2) is 9.78 Å². The van der Waals surface area contributed by atoms with Gasteiger partial charge in [0.15, 0.2) is 0 Å². The molecular weight excluding hydrogens is 278 g/mol. The molecule has 5 nitrogen and oxygen atoms in total. The molecule has 0 aliphatic rings. The van der Waals surface area contributed by atoms with E-state index in [1.54, 1.807) is 6.20 Å². The Morgan fingerprint density at radius 3 is 2.86 bits per heavy atom. The zero-order valence-corrected chi connectivity index (χ0v) is 12.3. The number of aromatic nitrogens is 1. The number of alkyl carbamates (subject to hydrolysis) is 1. The number of nitrogens with one attached hydrogen (secondary N) is 1. The molecule has 2 aromatic rings. The molecule has 0 atom stereocenters. The summed E-state index contributed by atoms with van der Waals surface area (Å²) in [7, 11) is 0. The Hall–Kier alpha value is -3.00. The lowest BCUT2D eigenvalue weighted by molar-refractivity contribution is 0.141. The van der Waals surface area contributed by atoms with Gasteiger partial charge in [-0.2, -0.15) is 0 Å². The van der Waals surface area contributed by atoms with E-state index in [4.69, 9.17) is 10.5 Å². The SMILES string of the molecule is Cc1ccnc(C#CCNC(=O)OCc2ccccc2)c1N. The van der Waals surface area contributed by atoms with Crippen LogP contribution in [0, 0.1) is 18.8 Å². The van der Waals surface area contributed by atoms with E-state index < -0.39 is 6.09 Å². The number of ether oxygens (including phenoxy) is 1. The van der Waals surface area contributed by atoms with Gasteiger partial charge in [-0.05, 0) is 30.0 Å². The largest absolute Gasteiger partial charge is 0.445 e. The van der Waals surface area contributed by atoms with Crippen molar-refractivity contribution in [3.8, 4) is 11.8 Å². The van der Waals surface area contributed by atoms with Gasteiger partial charge in [-0.3, -0.25) is 0 Å². The minimum atomic E-state index is -0.511. The number of nitrogens with two attached hydrogens (primary N) is 1. The highest BCUT2D eigenvalue weighted by Crippen LogP contribution is 2.11. The molecule has 1 aromatic carbocycles. The lowest BCUT2D eigenvalue weighted by atomic mass is 10.2. The van der Waals surface area contributed by atoms with E-state index >= 15 is 0 Å². The first-order chi connectivity index (χ1) is 10.7. The quantitative estimate of drug-likeness (QED) is 0.851. The fraction of sp³-hybridized carbons (Fsp3) is 0.176. The van der Waals surface area contributed by atoms with Gasteiger partial charge in [-0.1, -0.05) is 36.3 Å². The van der Waals surface area contributed by atoms with E-state index in [2.05, 4.69) is 22.1 Å². The second kappa shape index (κ2) is 7.70. The van der Waals surface area contributed by atoms with Crippen LogP contribution in [-0.2, 0) is 11.3 Å². The van der Waals surface area contributed by atoms with Crippen molar-refractivity contribution in [3.63, 3.8) is 0 Å². The van der Waals surface area contributed by atoms with Gasteiger partial charge in [-0.15, -0.1) is 0 Å². The fourth-order valence-corrected chi connectivity index (χ4v) is 1.69. The molecular formula is C17H17N3O2. The topological polar surface area (TPSA) is 77.2 Å². The van der Waals surface area contributed by atoms with E-state index in [-0.39, 0.29) is 13.2 Å². The molecule has 0 unspecified atom stereocenters. The summed E-state index contributed by atoms with van der Waals surface area (Å²) in [4.78, 5) is 15.6. The number of rotatable bonds is 3. The Kier molecular flexibility index (Phi) is 5.38. The maximum absolute atomic E-state index is 11.5. The van der Waals surface area contributed by atoms with E-state index in [1.165, 1.54) is 0 Å². The molecule has 1 aromatic heterocycles. The monoisotopic (exact) mass is 295 g/mol. The van der Waals surface area contributed by atoms with Crippen molar-refractivity contribution in [1.82, 2.24) is 10.3 Å². The van der Waals surface area contributed by atoms with Gasteiger partial charge < -0.3 is 15.8 Å². The number of nitrogen functional groups attached to an aromatic ring is 1. The summed E-state index contributed by atoms with van der Waals surface area (Å²) in [6.07, 6.45) is 1.14. The molecule has 0 bridgehead atoms. The highest BCUT2D eigenvalue weighted by molar-refractivity contribution is 5.67. The summed E-state index contributed by atoms with van der Waals surface area (Å²) in [5.41, 5.74) is 8.79. The van der Waals surface area contributed by atoms with Crippen LogP contribution in [0.15, 0.2) is 42.6 Å². The molecule has 112 valence electrons. The zero-order chi connectivity index (χ0) is 15.8. The maximum atomic E-state index is 11.5. The lowest BCUT2D eigenvalue weighted by Crippen LogP contribution is -2.24. The first-order valence-electron chi connectivity index (χ1n) is 6.81. The third-order valence-corrected chi connectivity index (χ3v) is 2.95. The van der Waals surface area contributed by atoms with Gasteiger partial charge in [0.25, 0.3) is 0 Å². The average molecular weight is 295 g/mol. The fourth-order valence-electron chi connectivity index (χ4n) is 1.69. The Bertz CT molecular complexity index is 703. The number of carbonyl (C=O) groups is 1. The van der Waals surface area contributed by atoms with Crippen molar-refractivity contribution >= 4 is 11.8 Å².